The van der Waals surface area contributed by atoms with Crippen LogP contribution in [0.3, 0.4) is 0 Å². The highest BCUT2D eigenvalue weighted by Gasteiger charge is 2.25. The molecule has 1 aromatic carbocycles. The normalized spacial score (nSPS) is 15.6. The molecule has 0 spiro atoms. The maximum Gasteiger partial charge on any atom is 0.255 e. The van der Waals surface area contributed by atoms with Gasteiger partial charge in [0, 0.05) is 25.0 Å². The molecule has 1 saturated heterocycles. The van der Waals surface area contributed by atoms with Crippen molar-refractivity contribution in [3.8, 4) is 5.75 Å². The first-order valence-electron chi connectivity index (χ1n) is 8.34. The summed E-state index contributed by atoms with van der Waals surface area (Å²) in [7, 11) is 0. The van der Waals surface area contributed by atoms with Gasteiger partial charge in [-0.05, 0) is 31.9 Å². The second-order valence-electron chi connectivity index (χ2n) is 6.16. The van der Waals surface area contributed by atoms with Crippen molar-refractivity contribution in [2.45, 2.75) is 39.7 Å². The van der Waals surface area contributed by atoms with Crippen molar-refractivity contribution >= 4 is 11.8 Å². The van der Waals surface area contributed by atoms with E-state index in [0.29, 0.717) is 31.0 Å². The molecular formula is C18H26N2O3. The topological polar surface area (TPSA) is 58.6 Å². The lowest BCUT2D eigenvalue weighted by Crippen LogP contribution is -2.47. The predicted octanol–water partition coefficient (Wildman–Crippen LogP) is 2.46. The number of benzene rings is 1. The number of rotatable bonds is 5. The van der Waals surface area contributed by atoms with E-state index in [1.54, 1.807) is 6.07 Å². The van der Waals surface area contributed by atoms with E-state index in [2.05, 4.69) is 5.32 Å². The Kier molecular flexibility index (Phi) is 6.02. The third kappa shape index (κ3) is 4.47. The van der Waals surface area contributed by atoms with E-state index in [-0.39, 0.29) is 23.8 Å². The lowest BCUT2D eigenvalue weighted by atomic mass is 10.0. The van der Waals surface area contributed by atoms with Gasteiger partial charge in [-0.3, -0.25) is 9.59 Å². The number of ether oxygens (including phenoxy) is 1. The molecule has 0 saturated carbocycles. The van der Waals surface area contributed by atoms with Crippen LogP contribution in [0.5, 0.6) is 5.75 Å². The Labute approximate surface area is 138 Å². The number of piperidine rings is 1. The number of hydrogen-bond donors (Lipinski definition) is 1. The lowest BCUT2D eigenvalue weighted by molar-refractivity contribution is -0.135. The number of nitrogens with zero attached hydrogens (tertiary/aromatic N) is 1. The number of amides is 2. The molecule has 23 heavy (non-hydrogen) atoms. The molecule has 1 fully saturated rings. The van der Waals surface area contributed by atoms with Gasteiger partial charge in [-0.25, -0.2) is 0 Å². The molecule has 1 N–H and O–H groups in total. The van der Waals surface area contributed by atoms with Gasteiger partial charge in [0.25, 0.3) is 5.91 Å². The molecule has 5 nitrogen and oxygen atoms in total. The summed E-state index contributed by atoms with van der Waals surface area (Å²) in [4.78, 5) is 26.3. The molecule has 0 radical (unpaired) electrons. The standard InChI is InChI=1S/C18H26N2O3/c1-4-23-16-8-6-5-7-15(16)17(21)19-14-9-11-20(12-10-14)18(22)13(2)3/h5-8,13-14H,4,9-12H2,1-3H3,(H,19,21). The third-order valence-electron chi connectivity index (χ3n) is 4.07. The molecule has 1 aliphatic heterocycles. The molecule has 0 atom stereocenters. The van der Waals surface area contributed by atoms with Gasteiger partial charge in [0.05, 0.1) is 12.2 Å². The van der Waals surface area contributed by atoms with Crippen molar-refractivity contribution in [2.75, 3.05) is 19.7 Å². The van der Waals surface area contributed by atoms with Gasteiger partial charge in [0.1, 0.15) is 5.75 Å². The van der Waals surface area contributed by atoms with Crippen molar-refractivity contribution in [1.29, 1.82) is 0 Å². The highest BCUT2D eigenvalue weighted by Crippen LogP contribution is 2.19. The van der Waals surface area contributed by atoms with Gasteiger partial charge in [-0.2, -0.15) is 0 Å². The first-order valence-corrected chi connectivity index (χ1v) is 8.34. The summed E-state index contributed by atoms with van der Waals surface area (Å²) in [5, 5.41) is 3.07. The molecule has 1 heterocycles. The van der Waals surface area contributed by atoms with Crippen molar-refractivity contribution in [1.82, 2.24) is 10.2 Å². The molecule has 0 aromatic heterocycles. The van der Waals surface area contributed by atoms with E-state index in [0.717, 1.165) is 12.8 Å². The Balaban J connectivity index is 1.92. The van der Waals surface area contributed by atoms with Gasteiger partial charge >= 0.3 is 0 Å². The minimum absolute atomic E-state index is 0.0270. The average molecular weight is 318 g/mol. The van der Waals surface area contributed by atoms with Gasteiger partial charge in [-0.1, -0.05) is 26.0 Å². The molecule has 0 unspecified atom stereocenters. The summed E-state index contributed by atoms with van der Waals surface area (Å²) < 4.78 is 5.51. The fourth-order valence-electron chi connectivity index (χ4n) is 2.81. The first-order chi connectivity index (χ1) is 11.0. The third-order valence-corrected chi connectivity index (χ3v) is 4.07. The molecule has 2 rings (SSSR count). The Hall–Kier alpha value is -2.04. The first kappa shape index (κ1) is 17.3. The molecule has 0 aliphatic carbocycles. The maximum absolute atomic E-state index is 12.5. The van der Waals surface area contributed by atoms with E-state index in [1.165, 1.54) is 0 Å². The van der Waals surface area contributed by atoms with Gasteiger partial charge < -0.3 is 15.0 Å². The number of carbonyl (C=O) groups is 2. The Morgan fingerprint density at radius 1 is 1.26 bits per heavy atom. The second kappa shape index (κ2) is 7.99. The summed E-state index contributed by atoms with van der Waals surface area (Å²) in [5.41, 5.74) is 0.565. The maximum atomic E-state index is 12.5. The van der Waals surface area contributed by atoms with Crippen molar-refractivity contribution in [3.63, 3.8) is 0 Å². The van der Waals surface area contributed by atoms with Crippen LogP contribution in [0.2, 0.25) is 0 Å². The highest BCUT2D eigenvalue weighted by atomic mass is 16.5. The average Bonchev–Trinajstić information content (AvgIpc) is 2.55. The van der Waals surface area contributed by atoms with E-state index >= 15 is 0 Å². The number of carbonyl (C=O) groups excluding carboxylic acids is 2. The zero-order chi connectivity index (χ0) is 16.8. The van der Waals surface area contributed by atoms with Crippen LogP contribution in [0.25, 0.3) is 0 Å². The van der Waals surface area contributed by atoms with Crippen LogP contribution in [0.4, 0.5) is 0 Å². The van der Waals surface area contributed by atoms with E-state index < -0.39 is 0 Å². The number of hydrogen-bond acceptors (Lipinski definition) is 3. The smallest absolute Gasteiger partial charge is 0.255 e. The van der Waals surface area contributed by atoms with E-state index in [9.17, 15) is 9.59 Å². The van der Waals surface area contributed by atoms with Crippen molar-refractivity contribution in [2.24, 2.45) is 5.92 Å². The molecule has 0 bridgehead atoms. The SMILES string of the molecule is CCOc1ccccc1C(=O)NC1CCN(C(=O)C(C)C)CC1. The monoisotopic (exact) mass is 318 g/mol. The number of para-hydroxylation sites is 1. The van der Waals surface area contributed by atoms with Crippen molar-refractivity contribution < 1.29 is 14.3 Å². The van der Waals surface area contributed by atoms with Crippen LogP contribution < -0.4 is 10.1 Å². The summed E-state index contributed by atoms with van der Waals surface area (Å²) in [6.07, 6.45) is 1.59. The highest BCUT2D eigenvalue weighted by molar-refractivity contribution is 5.97. The fraction of sp³-hybridized carbons (Fsp3) is 0.556. The molecule has 2 amide bonds. The summed E-state index contributed by atoms with van der Waals surface area (Å²) in [6.45, 7) is 7.67. The summed E-state index contributed by atoms with van der Waals surface area (Å²) in [6, 6.07) is 7.38. The van der Waals surface area contributed by atoms with E-state index in [1.807, 2.05) is 43.9 Å². The number of nitrogens with one attached hydrogen (secondary N) is 1. The molecule has 1 aromatic rings. The zero-order valence-corrected chi connectivity index (χ0v) is 14.2. The van der Waals surface area contributed by atoms with Crippen LogP contribution in [-0.4, -0.2) is 42.5 Å². The van der Waals surface area contributed by atoms with Crippen molar-refractivity contribution in [3.05, 3.63) is 29.8 Å². The van der Waals surface area contributed by atoms with Gasteiger partial charge in [0.2, 0.25) is 5.91 Å². The van der Waals surface area contributed by atoms with Gasteiger partial charge in [-0.15, -0.1) is 0 Å². The summed E-state index contributed by atoms with van der Waals surface area (Å²) >= 11 is 0. The molecule has 1 aliphatic rings. The zero-order valence-electron chi connectivity index (χ0n) is 14.2. The molecule has 5 heteroatoms. The van der Waals surface area contributed by atoms with Crippen LogP contribution in [0, 0.1) is 5.92 Å². The minimum Gasteiger partial charge on any atom is -0.493 e. The predicted molar refractivity (Wildman–Crippen MR) is 89.5 cm³/mol. The Morgan fingerprint density at radius 2 is 1.91 bits per heavy atom. The van der Waals surface area contributed by atoms with Crippen LogP contribution in [0.1, 0.15) is 44.0 Å². The number of likely N-dealkylation sites (tertiary alicyclic amines) is 1. The molecule has 126 valence electrons. The van der Waals surface area contributed by atoms with E-state index in [4.69, 9.17) is 4.74 Å². The minimum atomic E-state index is -0.109. The quantitative estimate of drug-likeness (QED) is 0.907. The largest absolute Gasteiger partial charge is 0.493 e. The fourth-order valence-corrected chi connectivity index (χ4v) is 2.81. The Bertz CT molecular complexity index is 549. The van der Waals surface area contributed by atoms with Crippen LogP contribution in [0.15, 0.2) is 24.3 Å². The lowest BCUT2D eigenvalue weighted by Gasteiger charge is -2.33. The van der Waals surface area contributed by atoms with Crippen LogP contribution in [-0.2, 0) is 4.79 Å². The summed E-state index contributed by atoms with van der Waals surface area (Å²) in [5.74, 6) is 0.721. The Morgan fingerprint density at radius 3 is 2.52 bits per heavy atom. The second-order valence-corrected chi connectivity index (χ2v) is 6.16. The molecular weight excluding hydrogens is 292 g/mol. The van der Waals surface area contributed by atoms with Crippen LogP contribution >= 0.6 is 0 Å². The van der Waals surface area contributed by atoms with Gasteiger partial charge in [0.15, 0.2) is 0 Å².